The van der Waals surface area contributed by atoms with Crippen molar-refractivity contribution >= 4 is 11.7 Å². The van der Waals surface area contributed by atoms with E-state index in [9.17, 15) is 13.6 Å². The molecule has 1 unspecified atom stereocenters. The quantitative estimate of drug-likeness (QED) is 0.776. The summed E-state index contributed by atoms with van der Waals surface area (Å²) in [5, 5.41) is 2.70. The summed E-state index contributed by atoms with van der Waals surface area (Å²) < 4.78 is 41.8. The molecule has 112 valence electrons. The highest BCUT2D eigenvalue weighted by Gasteiger charge is 2.19. The zero-order chi connectivity index (χ0) is 15.1. The van der Waals surface area contributed by atoms with Gasteiger partial charge in [0.2, 0.25) is 0 Å². The average Bonchev–Trinajstić information content (AvgIpc) is 2.46. The van der Waals surface area contributed by atoms with Gasteiger partial charge in [-0.25, -0.2) is 13.6 Å². The van der Waals surface area contributed by atoms with Gasteiger partial charge in [0.15, 0.2) is 11.6 Å². The third kappa shape index (κ3) is 3.88. The number of carbonyl (C=O) groups is 1. The Kier molecular flexibility index (Phi) is 6.33. The van der Waals surface area contributed by atoms with Crippen molar-refractivity contribution in [3.8, 4) is 0 Å². The van der Waals surface area contributed by atoms with E-state index in [1.807, 2.05) is 0 Å². The summed E-state index contributed by atoms with van der Waals surface area (Å²) >= 11 is 0. The van der Waals surface area contributed by atoms with Crippen molar-refractivity contribution in [3.63, 3.8) is 0 Å². The fourth-order valence-electron chi connectivity index (χ4n) is 1.57. The minimum absolute atomic E-state index is 0.0618. The van der Waals surface area contributed by atoms with Crippen LogP contribution >= 0.6 is 0 Å². The predicted octanol–water partition coefficient (Wildman–Crippen LogP) is 1.82. The van der Waals surface area contributed by atoms with Crippen LogP contribution in [0.4, 0.5) is 14.5 Å². The summed E-state index contributed by atoms with van der Waals surface area (Å²) in [6.07, 6.45) is -0.303. The molecular weight excluding hydrogens is 272 g/mol. The molecule has 0 radical (unpaired) electrons. The van der Waals surface area contributed by atoms with Gasteiger partial charge in [-0.05, 0) is 12.1 Å². The average molecular weight is 289 g/mol. The third-order valence-corrected chi connectivity index (χ3v) is 2.69. The number of anilines is 1. The second-order valence-corrected chi connectivity index (χ2v) is 3.97. The minimum Gasteiger partial charge on any atom is -0.465 e. The van der Waals surface area contributed by atoms with Gasteiger partial charge in [-0.2, -0.15) is 0 Å². The van der Waals surface area contributed by atoms with Crippen molar-refractivity contribution in [2.24, 2.45) is 0 Å². The van der Waals surface area contributed by atoms with Crippen LogP contribution in [0.5, 0.6) is 0 Å². The summed E-state index contributed by atoms with van der Waals surface area (Å²) in [5.74, 6) is -3.31. The number of hydrogen-bond donors (Lipinski definition) is 1. The van der Waals surface area contributed by atoms with Crippen LogP contribution in [0, 0.1) is 11.6 Å². The Morgan fingerprint density at radius 3 is 2.50 bits per heavy atom. The van der Waals surface area contributed by atoms with E-state index in [0.29, 0.717) is 6.61 Å². The number of methoxy groups -OCH3 is 3. The van der Waals surface area contributed by atoms with Crippen LogP contribution in [0.25, 0.3) is 0 Å². The van der Waals surface area contributed by atoms with Gasteiger partial charge >= 0.3 is 5.97 Å². The third-order valence-electron chi connectivity index (χ3n) is 2.69. The normalized spacial score (nSPS) is 12.1. The van der Waals surface area contributed by atoms with Gasteiger partial charge in [0.05, 0.1) is 31.1 Å². The Morgan fingerprint density at radius 2 is 1.95 bits per heavy atom. The molecule has 5 nitrogen and oxygen atoms in total. The zero-order valence-electron chi connectivity index (χ0n) is 11.5. The van der Waals surface area contributed by atoms with E-state index >= 15 is 0 Å². The summed E-state index contributed by atoms with van der Waals surface area (Å²) in [7, 11) is 4.10. The largest absolute Gasteiger partial charge is 0.465 e. The first kappa shape index (κ1) is 16.3. The van der Waals surface area contributed by atoms with E-state index in [1.54, 1.807) is 0 Å². The number of esters is 1. The molecule has 0 heterocycles. The van der Waals surface area contributed by atoms with Crippen LogP contribution < -0.4 is 5.32 Å². The molecule has 20 heavy (non-hydrogen) atoms. The second-order valence-electron chi connectivity index (χ2n) is 3.97. The molecule has 0 aliphatic rings. The lowest BCUT2D eigenvalue weighted by atomic mass is 10.1. The van der Waals surface area contributed by atoms with Gasteiger partial charge in [0, 0.05) is 20.8 Å². The van der Waals surface area contributed by atoms with Gasteiger partial charge in [-0.15, -0.1) is 0 Å². The molecule has 1 aromatic carbocycles. The van der Waals surface area contributed by atoms with Crippen LogP contribution in [0.3, 0.4) is 0 Å². The Balaban J connectivity index is 2.82. The maximum atomic E-state index is 13.8. The van der Waals surface area contributed by atoms with Gasteiger partial charge in [-0.3, -0.25) is 0 Å². The van der Waals surface area contributed by atoms with Crippen LogP contribution in [0.15, 0.2) is 12.1 Å². The number of benzene rings is 1. The van der Waals surface area contributed by atoms with E-state index in [2.05, 4.69) is 10.1 Å². The number of halogens is 2. The molecule has 7 heteroatoms. The maximum Gasteiger partial charge on any atom is 0.340 e. The lowest BCUT2D eigenvalue weighted by Crippen LogP contribution is -2.27. The van der Waals surface area contributed by atoms with Gasteiger partial charge in [-0.1, -0.05) is 0 Å². The molecule has 1 rings (SSSR count). The summed E-state index contributed by atoms with van der Waals surface area (Å²) in [5.41, 5.74) is -0.510. The molecule has 0 aliphatic heterocycles. The number of rotatable bonds is 7. The molecule has 1 aromatic rings. The summed E-state index contributed by atoms with van der Waals surface area (Å²) in [4.78, 5) is 11.2. The van der Waals surface area contributed by atoms with E-state index in [1.165, 1.54) is 20.3 Å². The Morgan fingerprint density at radius 1 is 1.25 bits per heavy atom. The van der Waals surface area contributed by atoms with E-state index in [-0.39, 0.29) is 18.3 Å². The molecule has 1 N–H and O–H groups in total. The first-order valence-corrected chi connectivity index (χ1v) is 5.87. The van der Waals surface area contributed by atoms with Crippen LogP contribution in [0.1, 0.15) is 10.4 Å². The smallest absolute Gasteiger partial charge is 0.340 e. The highest BCUT2D eigenvalue weighted by molar-refractivity contribution is 5.90. The molecule has 0 spiro atoms. The molecule has 0 saturated heterocycles. The van der Waals surface area contributed by atoms with Crippen LogP contribution in [0.2, 0.25) is 0 Å². The van der Waals surface area contributed by atoms with Crippen molar-refractivity contribution in [3.05, 3.63) is 29.3 Å². The van der Waals surface area contributed by atoms with E-state index in [4.69, 9.17) is 9.47 Å². The second kappa shape index (κ2) is 7.76. The van der Waals surface area contributed by atoms with Gasteiger partial charge in [0.1, 0.15) is 0 Å². The summed E-state index contributed by atoms with van der Waals surface area (Å²) in [6.45, 7) is 0.548. The lowest BCUT2D eigenvalue weighted by molar-refractivity contribution is 0.0365. The lowest BCUT2D eigenvalue weighted by Gasteiger charge is -2.16. The van der Waals surface area contributed by atoms with Crippen LogP contribution in [-0.2, 0) is 14.2 Å². The SMILES string of the molecule is COCC(CNc1ccc(C(=O)OC)c(F)c1F)OC. The molecule has 1 atom stereocenters. The number of carbonyl (C=O) groups excluding carboxylic acids is 1. The Hall–Kier alpha value is -1.73. The molecule has 0 amide bonds. The Labute approximate surface area is 115 Å². The molecular formula is C13H17F2NO4. The van der Waals surface area contributed by atoms with E-state index < -0.39 is 23.2 Å². The first-order chi connectivity index (χ1) is 9.54. The molecule has 0 bridgehead atoms. The molecule has 0 aromatic heterocycles. The minimum atomic E-state index is -1.25. The highest BCUT2D eigenvalue weighted by atomic mass is 19.2. The molecule has 0 aliphatic carbocycles. The van der Waals surface area contributed by atoms with Crippen LogP contribution in [-0.4, -0.2) is 46.6 Å². The van der Waals surface area contributed by atoms with Crippen molar-refractivity contribution in [2.75, 3.05) is 39.8 Å². The number of nitrogens with one attached hydrogen (secondary N) is 1. The van der Waals surface area contributed by atoms with Crippen molar-refractivity contribution in [1.82, 2.24) is 0 Å². The van der Waals surface area contributed by atoms with E-state index in [0.717, 1.165) is 13.2 Å². The van der Waals surface area contributed by atoms with Crippen molar-refractivity contribution in [2.45, 2.75) is 6.10 Å². The standard InChI is InChI=1S/C13H17F2NO4/c1-18-7-8(19-2)6-16-10-5-4-9(13(17)20-3)11(14)12(10)15/h4-5,8,16H,6-7H2,1-3H3. The predicted molar refractivity (Wildman–Crippen MR) is 68.9 cm³/mol. The molecule has 0 saturated carbocycles. The fourth-order valence-corrected chi connectivity index (χ4v) is 1.57. The number of hydrogen-bond acceptors (Lipinski definition) is 5. The molecule has 0 fully saturated rings. The monoisotopic (exact) mass is 289 g/mol. The Bertz CT molecular complexity index is 468. The maximum absolute atomic E-state index is 13.8. The van der Waals surface area contributed by atoms with Crippen molar-refractivity contribution in [1.29, 1.82) is 0 Å². The number of ether oxygens (including phenoxy) is 3. The zero-order valence-corrected chi connectivity index (χ0v) is 11.5. The van der Waals surface area contributed by atoms with Crippen molar-refractivity contribution < 1.29 is 27.8 Å². The highest BCUT2D eigenvalue weighted by Crippen LogP contribution is 2.21. The fraction of sp³-hybridized carbons (Fsp3) is 0.462. The topological polar surface area (TPSA) is 56.8 Å². The van der Waals surface area contributed by atoms with Gasteiger partial charge in [0.25, 0.3) is 0 Å². The van der Waals surface area contributed by atoms with Gasteiger partial charge < -0.3 is 19.5 Å². The summed E-state index contributed by atoms with van der Waals surface area (Å²) in [6, 6.07) is 2.43. The first-order valence-electron chi connectivity index (χ1n) is 5.87.